The van der Waals surface area contributed by atoms with Gasteiger partial charge in [0.2, 0.25) is 0 Å². The molecule has 0 unspecified atom stereocenters. The van der Waals surface area contributed by atoms with Gasteiger partial charge in [0.25, 0.3) is 0 Å². The molecule has 0 bridgehead atoms. The molecule has 1 aliphatic heterocycles. The number of rotatable bonds is 2. The summed E-state index contributed by atoms with van der Waals surface area (Å²) in [5.74, 6) is 1.62. The molecule has 0 aliphatic carbocycles. The van der Waals surface area contributed by atoms with Gasteiger partial charge in [0.15, 0.2) is 0 Å². The number of aromatic nitrogens is 3. The van der Waals surface area contributed by atoms with E-state index < -0.39 is 0 Å². The molecule has 4 heteroatoms. The van der Waals surface area contributed by atoms with Crippen molar-refractivity contribution in [3.05, 3.63) is 47.7 Å². The van der Waals surface area contributed by atoms with E-state index in [1.807, 2.05) is 32.4 Å². The van der Waals surface area contributed by atoms with Crippen molar-refractivity contribution in [2.45, 2.75) is 19.8 Å². The molecule has 2 aromatic rings. The number of hydrogen-bond donors (Lipinski definition) is 0. The van der Waals surface area contributed by atoms with Crippen LogP contribution in [-0.4, -0.2) is 28.0 Å². The summed E-state index contributed by atoms with van der Waals surface area (Å²) in [5, 5.41) is 0. The lowest BCUT2D eigenvalue weighted by molar-refractivity contribution is 0.517. The smallest absolute Gasteiger partial charge is 0.150 e. The third-order valence-electron chi connectivity index (χ3n) is 3.41. The normalized spacial score (nSPS) is 15.6. The molecule has 92 valence electrons. The van der Waals surface area contributed by atoms with Crippen molar-refractivity contribution in [1.82, 2.24) is 15.0 Å². The Hall–Kier alpha value is -1.97. The van der Waals surface area contributed by atoms with Crippen molar-refractivity contribution >= 4 is 5.82 Å². The first-order valence-electron chi connectivity index (χ1n) is 6.19. The molecule has 0 aromatic carbocycles. The Bertz CT molecular complexity index is 547. The largest absolute Gasteiger partial charge is 0.354 e. The van der Waals surface area contributed by atoms with Crippen molar-refractivity contribution < 1.29 is 0 Å². The summed E-state index contributed by atoms with van der Waals surface area (Å²) in [4.78, 5) is 15.3. The molecule has 18 heavy (non-hydrogen) atoms. The second-order valence-electron chi connectivity index (χ2n) is 4.80. The van der Waals surface area contributed by atoms with E-state index in [2.05, 4.69) is 32.0 Å². The number of anilines is 1. The lowest BCUT2D eigenvalue weighted by Gasteiger charge is -2.40. The highest BCUT2D eigenvalue weighted by Gasteiger charge is 2.30. The molecular weight excluding hydrogens is 224 g/mol. The number of hydrogen-bond acceptors (Lipinski definition) is 4. The maximum atomic E-state index is 4.57. The summed E-state index contributed by atoms with van der Waals surface area (Å²) >= 11 is 0. The molecule has 1 aliphatic rings. The molecule has 0 N–H and O–H groups in total. The molecule has 0 amide bonds. The van der Waals surface area contributed by atoms with E-state index in [1.165, 1.54) is 5.56 Å². The van der Waals surface area contributed by atoms with Crippen molar-refractivity contribution in [1.29, 1.82) is 0 Å². The van der Waals surface area contributed by atoms with E-state index in [4.69, 9.17) is 0 Å². The Morgan fingerprint density at radius 2 is 1.89 bits per heavy atom. The van der Waals surface area contributed by atoms with E-state index in [9.17, 15) is 0 Å². The summed E-state index contributed by atoms with van der Waals surface area (Å²) < 4.78 is 0. The zero-order chi connectivity index (χ0) is 12.5. The van der Waals surface area contributed by atoms with Crippen LogP contribution in [0.3, 0.4) is 0 Å². The van der Waals surface area contributed by atoms with Crippen LogP contribution in [-0.2, 0) is 0 Å². The molecule has 3 heterocycles. The van der Waals surface area contributed by atoms with Crippen LogP contribution < -0.4 is 4.90 Å². The number of aryl methyl sites for hydroxylation is 2. The van der Waals surface area contributed by atoms with Gasteiger partial charge < -0.3 is 4.90 Å². The van der Waals surface area contributed by atoms with Crippen molar-refractivity contribution in [3.8, 4) is 0 Å². The van der Waals surface area contributed by atoms with Gasteiger partial charge in [-0.15, -0.1) is 0 Å². The molecule has 0 radical (unpaired) electrons. The van der Waals surface area contributed by atoms with Crippen molar-refractivity contribution in [2.24, 2.45) is 0 Å². The molecule has 0 saturated carbocycles. The summed E-state index contributed by atoms with van der Waals surface area (Å²) in [6.45, 7) is 6.03. The zero-order valence-electron chi connectivity index (χ0n) is 10.7. The molecule has 0 spiro atoms. The lowest BCUT2D eigenvalue weighted by Crippen LogP contribution is -2.46. The average molecular weight is 240 g/mol. The first-order chi connectivity index (χ1) is 8.74. The predicted octanol–water partition coefficient (Wildman–Crippen LogP) is 2.09. The first kappa shape index (κ1) is 11.1. The number of nitrogens with zero attached hydrogens (tertiary/aromatic N) is 4. The maximum Gasteiger partial charge on any atom is 0.150 e. The molecule has 0 atom stereocenters. The minimum absolute atomic E-state index is 0.592. The Morgan fingerprint density at radius 3 is 2.61 bits per heavy atom. The molecule has 1 fully saturated rings. The summed E-state index contributed by atoms with van der Waals surface area (Å²) in [6.07, 6.45) is 5.53. The maximum absolute atomic E-state index is 4.57. The van der Waals surface area contributed by atoms with Crippen LogP contribution in [0, 0.1) is 13.8 Å². The molecule has 1 saturated heterocycles. The van der Waals surface area contributed by atoms with Gasteiger partial charge in [-0.3, -0.25) is 9.97 Å². The van der Waals surface area contributed by atoms with Gasteiger partial charge in [0.05, 0.1) is 11.4 Å². The van der Waals surface area contributed by atoms with Crippen LogP contribution in [0.25, 0.3) is 0 Å². The van der Waals surface area contributed by atoms with Crippen molar-refractivity contribution in [3.63, 3.8) is 0 Å². The minimum atomic E-state index is 0.592. The number of pyridine rings is 1. The van der Waals surface area contributed by atoms with E-state index in [1.54, 1.807) is 0 Å². The fourth-order valence-electron chi connectivity index (χ4n) is 2.32. The SMILES string of the molecule is Cc1cnc(C)c(N2CC(c3ccncc3)C2)n1. The van der Waals surface area contributed by atoms with Crippen LogP contribution in [0.15, 0.2) is 30.7 Å². The van der Waals surface area contributed by atoms with Crippen LogP contribution in [0.5, 0.6) is 0 Å². The van der Waals surface area contributed by atoms with E-state index in [-0.39, 0.29) is 0 Å². The molecule has 4 nitrogen and oxygen atoms in total. The van der Waals surface area contributed by atoms with Gasteiger partial charge in [0.1, 0.15) is 5.82 Å². The second kappa shape index (κ2) is 4.37. The topological polar surface area (TPSA) is 41.9 Å². The Kier molecular flexibility index (Phi) is 2.70. The summed E-state index contributed by atoms with van der Waals surface area (Å²) in [7, 11) is 0. The lowest BCUT2D eigenvalue weighted by atomic mass is 9.92. The standard InChI is InChI=1S/C14H16N4/c1-10-7-16-11(2)14(17-10)18-8-13(9-18)12-3-5-15-6-4-12/h3-7,13H,8-9H2,1-2H3. The van der Waals surface area contributed by atoms with Gasteiger partial charge >= 0.3 is 0 Å². The fraction of sp³-hybridized carbons (Fsp3) is 0.357. The highest BCUT2D eigenvalue weighted by molar-refractivity contribution is 5.48. The van der Waals surface area contributed by atoms with Gasteiger partial charge in [-0.1, -0.05) is 0 Å². The van der Waals surface area contributed by atoms with E-state index in [0.29, 0.717) is 5.92 Å². The van der Waals surface area contributed by atoms with E-state index >= 15 is 0 Å². The third-order valence-corrected chi connectivity index (χ3v) is 3.41. The van der Waals surface area contributed by atoms with Crippen LogP contribution in [0.1, 0.15) is 22.9 Å². The second-order valence-corrected chi connectivity index (χ2v) is 4.80. The highest BCUT2D eigenvalue weighted by atomic mass is 15.2. The minimum Gasteiger partial charge on any atom is -0.354 e. The van der Waals surface area contributed by atoms with Crippen molar-refractivity contribution in [2.75, 3.05) is 18.0 Å². The van der Waals surface area contributed by atoms with Crippen LogP contribution in [0.4, 0.5) is 5.82 Å². The third kappa shape index (κ3) is 1.94. The Labute approximate surface area is 107 Å². The van der Waals surface area contributed by atoms with Gasteiger partial charge in [0, 0.05) is 37.6 Å². The first-order valence-corrected chi connectivity index (χ1v) is 6.19. The van der Waals surface area contributed by atoms with Gasteiger partial charge in [-0.2, -0.15) is 0 Å². The molecular formula is C14H16N4. The van der Waals surface area contributed by atoms with Gasteiger partial charge in [-0.25, -0.2) is 4.98 Å². The average Bonchev–Trinajstić information content (AvgIpc) is 2.33. The van der Waals surface area contributed by atoms with Crippen LogP contribution in [0.2, 0.25) is 0 Å². The molecule has 3 rings (SSSR count). The fourth-order valence-corrected chi connectivity index (χ4v) is 2.32. The van der Waals surface area contributed by atoms with Crippen LogP contribution >= 0.6 is 0 Å². The predicted molar refractivity (Wildman–Crippen MR) is 70.7 cm³/mol. The summed E-state index contributed by atoms with van der Waals surface area (Å²) in [6, 6.07) is 4.19. The van der Waals surface area contributed by atoms with Gasteiger partial charge in [-0.05, 0) is 31.5 Å². The highest BCUT2D eigenvalue weighted by Crippen LogP contribution is 2.31. The Balaban J connectivity index is 1.74. The monoisotopic (exact) mass is 240 g/mol. The van der Waals surface area contributed by atoms with E-state index in [0.717, 1.165) is 30.3 Å². The zero-order valence-corrected chi connectivity index (χ0v) is 10.7. The Morgan fingerprint density at radius 1 is 1.17 bits per heavy atom. The summed E-state index contributed by atoms with van der Waals surface area (Å²) in [5.41, 5.74) is 3.34. The molecule has 2 aromatic heterocycles. The quantitative estimate of drug-likeness (QED) is 0.806.